The summed E-state index contributed by atoms with van der Waals surface area (Å²) in [7, 11) is 3.68. The molecule has 0 bridgehead atoms. The summed E-state index contributed by atoms with van der Waals surface area (Å²) < 4.78 is 12.0. The highest BCUT2D eigenvalue weighted by Gasteiger charge is 2.48. The molecule has 0 atom stereocenters. The normalized spacial score (nSPS) is 21.1. The van der Waals surface area contributed by atoms with Crippen LogP contribution in [0.15, 0.2) is 23.7 Å². The van der Waals surface area contributed by atoms with Crippen molar-refractivity contribution < 1.29 is 9.47 Å². The molecule has 0 amide bonds. The van der Waals surface area contributed by atoms with Crippen LogP contribution in [0.3, 0.4) is 0 Å². The molecule has 28 heavy (non-hydrogen) atoms. The van der Waals surface area contributed by atoms with Crippen molar-refractivity contribution in [3.05, 3.63) is 23.7 Å². The van der Waals surface area contributed by atoms with Crippen molar-refractivity contribution >= 4 is 0 Å². The van der Waals surface area contributed by atoms with Gasteiger partial charge in [0.2, 0.25) is 0 Å². The van der Waals surface area contributed by atoms with Crippen molar-refractivity contribution in [2.45, 2.75) is 66.2 Å². The molecule has 4 heteroatoms. The molecule has 0 unspecified atom stereocenters. The molecule has 0 N–H and O–H groups in total. The van der Waals surface area contributed by atoms with E-state index in [9.17, 15) is 0 Å². The van der Waals surface area contributed by atoms with Crippen molar-refractivity contribution in [3.8, 4) is 0 Å². The SMILES string of the molecule is CCCC1(CCC)C(OC)=CC2(C=C1OC)CCN(CCCN(CC)CC)C2. The number of nitrogens with zero attached hydrogens (tertiary/aromatic N) is 2. The first-order valence-electron chi connectivity index (χ1n) is 11.5. The minimum Gasteiger partial charge on any atom is -0.500 e. The number of hydrogen-bond acceptors (Lipinski definition) is 4. The van der Waals surface area contributed by atoms with Crippen LogP contribution in [0.2, 0.25) is 0 Å². The molecule has 1 aliphatic heterocycles. The lowest BCUT2D eigenvalue weighted by atomic mass is 9.67. The van der Waals surface area contributed by atoms with E-state index < -0.39 is 0 Å². The summed E-state index contributed by atoms with van der Waals surface area (Å²) in [5.74, 6) is 2.28. The van der Waals surface area contributed by atoms with E-state index in [0.717, 1.165) is 69.8 Å². The fourth-order valence-electron chi connectivity index (χ4n) is 5.37. The highest BCUT2D eigenvalue weighted by molar-refractivity contribution is 5.35. The summed E-state index contributed by atoms with van der Waals surface area (Å²) in [5.41, 5.74) is -0.00864. The number of hydrogen-bond donors (Lipinski definition) is 0. The number of rotatable bonds is 12. The molecule has 162 valence electrons. The summed E-state index contributed by atoms with van der Waals surface area (Å²) in [4.78, 5) is 5.14. The van der Waals surface area contributed by atoms with E-state index in [2.05, 4.69) is 49.6 Å². The second-order valence-corrected chi connectivity index (χ2v) is 8.65. The molecule has 0 saturated carbocycles. The zero-order valence-corrected chi connectivity index (χ0v) is 19.4. The predicted molar refractivity (Wildman–Crippen MR) is 118 cm³/mol. The van der Waals surface area contributed by atoms with Gasteiger partial charge in [-0.05, 0) is 70.6 Å². The molecule has 1 fully saturated rings. The fraction of sp³-hybridized carbons (Fsp3) is 0.833. The van der Waals surface area contributed by atoms with Gasteiger partial charge in [-0.25, -0.2) is 0 Å². The molecule has 1 spiro atoms. The van der Waals surface area contributed by atoms with Gasteiger partial charge in [-0.15, -0.1) is 0 Å². The molecular formula is C24H44N2O2. The Balaban J connectivity index is 2.14. The second kappa shape index (κ2) is 10.7. The number of likely N-dealkylation sites (tertiary alicyclic amines) is 1. The van der Waals surface area contributed by atoms with Crippen molar-refractivity contribution in [3.63, 3.8) is 0 Å². The van der Waals surface area contributed by atoms with Gasteiger partial charge in [0.1, 0.15) is 11.5 Å². The summed E-state index contributed by atoms with van der Waals surface area (Å²) in [6, 6.07) is 0. The minimum absolute atomic E-state index is 0.0663. The highest BCUT2D eigenvalue weighted by Crippen LogP contribution is 2.52. The zero-order chi connectivity index (χ0) is 20.6. The Bertz CT molecular complexity index is 507. The van der Waals surface area contributed by atoms with Crippen LogP contribution in [0.4, 0.5) is 0 Å². The molecule has 0 aromatic rings. The van der Waals surface area contributed by atoms with Crippen LogP contribution >= 0.6 is 0 Å². The fourth-order valence-corrected chi connectivity index (χ4v) is 5.37. The predicted octanol–water partition coefficient (Wildman–Crippen LogP) is 5.07. The number of ether oxygens (including phenoxy) is 2. The van der Waals surface area contributed by atoms with Crippen molar-refractivity contribution in [2.24, 2.45) is 10.8 Å². The van der Waals surface area contributed by atoms with E-state index in [-0.39, 0.29) is 10.8 Å². The lowest BCUT2D eigenvalue weighted by Gasteiger charge is -2.42. The summed E-state index contributed by atoms with van der Waals surface area (Å²) in [5, 5.41) is 0. The molecule has 2 aliphatic rings. The van der Waals surface area contributed by atoms with Gasteiger partial charge < -0.3 is 19.3 Å². The average Bonchev–Trinajstić information content (AvgIpc) is 3.09. The first kappa shape index (κ1) is 23.3. The van der Waals surface area contributed by atoms with Gasteiger partial charge in [-0.1, -0.05) is 40.5 Å². The van der Waals surface area contributed by atoms with Crippen LogP contribution < -0.4 is 0 Å². The molecule has 1 aliphatic carbocycles. The van der Waals surface area contributed by atoms with Gasteiger partial charge in [-0.3, -0.25) is 0 Å². The third-order valence-corrected chi connectivity index (χ3v) is 6.83. The highest BCUT2D eigenvalue weighted by atomic mass is 16.5. The summed E-state index contributed by atoms with van der Waals surface area (Å²) in [6.45, 7) is 15.9. The summed E-state index contributed by atoms with van der Waals surface area (Å²) in [6.07, 6.45) is 11.7. The molecule has 1 saturated heterocycles. The lowest BCUT2D eigenvalue weighted by Crippen LogP contribution is -2.37. The quantitative estimate of drug-likeness (QED) is 0.463. The first-order valence-corrected chi connectivity index (χ1v) is 11.5. The molecular weight excluding hydrogens is 348 g/mol. The van der Waals surface area contributed by atoms with E-state index in [1.807, 2.05) is 14.2 Å². The van der Waals surface area contributed by atoms with Crippen molar-refractivity contribution in [1.29, 1.82) is 0 Å². The smallest absolute Gasteiger partial charge is 0.106 e. The van der Waals surface area contributed by atoms with Crippen molar-refractivity contribution in [2.75, 3.05) is 53.5 Å². The van der Waals surface area contributed by atoms with E-state index in [4.69, 9.17) is 9.47 Å². The van der Waals surface area contributed by atoms with Gasteiger partial charge in [0, 0.05) is 12.0 Å². The Morgan fingerprint density at radius 2 is 1.54 bits per heavy atom. The Morgan fingerprint density at radius 3 is 2.00 bits per heavy atom. The van der Waals surface area contributed by atoms with Gasteiger partial charge >= 0.3 is 0 Å². The second-order valence-electron chi connectivity index (χ2n) is 8.65. The standard InChI is InChI=1S/C24H44N2O2/c1-7-12-24(13-8-2)21(27-5)18-23(19-22(24)28-6)14-17-26(20-23)16-11-15-25(9-3)10-4/h18-19H,7-17,20H2,1-6H3. The molecule has 2 rings (SSSR count). The van der Waals surface area contributed by atoms with Gasteiger partial charge in [-0.2, -0.15) is 0 Å². The van der Waals surface area contributed by atoms with E-state index in [1.165, 1.54) is 19.5 Å². The largest absolute Gasteiger partial charge is 0.500 e. The van der Waals surface area contributed by atoms with Gasteiger partial charge in [0.05, 0.1) is 19.6 Å². The Morgan fingerprint density at radius 1 is 0.964 bits per heavy atom. The van der Waals surface area contributed by atoms with Crippen LogP contribution in [-0.2, 0) is 9.47 Å². The first-order chi connectivity index (χ1) is 13.5. The lowest BCUT2D eigenvalue weighted by molar-refractivity contribution is 0.0936. The topological polar surface area (TPSA) is 24.9 Å². The van der Waals surface area contributed by atoms with E-state index in [0.29, 0.717) is 0 Å². The van der Waals surface area contributed by atoms with Crippen LogP contribution in [0.5, 0.6) is 0 Å². The maximum Gasteiger partial charge on any atom is 0.106 e. The molecule has 0 radical (unpaired) electrons. The number of methoxy groups -OCH3 is 2. The monoisotopic (exact) mass is 392 g/mol. The third-order valence-electron chi connectivity index (χ3n) is 6.83. The molecule has 0 aromatic heterocycles. The Kier molecular flexibility index (Phi) is 8.88. The minimum atomic E-state index is -0.0750. The molecule has 4 nitrogen and oxygen atoms in total. The Labute approximate surface area is 173 Å². The maximum atomic E-state index is 6.02. The van der Waals surface area contributed by atoms with Crippen molar-refractivity contribution in [1.82, 2.24) is 9.80 Å². The molecule has 1 heterocycles. The average molecular weight is 393 g/mol. The van der Waals surface area contributed by atoms with E-state index in [1.54, 1.807) is 0 Å². The van der Waals surface area contributed by atoms with Gasteiger partial charge in [0.15, 0.2) is 0 Å². The van der Waals surface area contributed by atoms with Gasteiger partial charge in [0.25, 0.3) is 0 Å². The van der Waals surface area contributed by atoms with Crippen LogP contribution in [0.25, 0.3) is 0 Å². The van der Waals surface area contributed by atoms with Crippen LogP contribution in [-0.4, -0.2) is 63.3 Å². The van der Waals surface area contributed by atoms with Crippen LogP contribution in [0.1, 0.15) is 66.2 Å². The Hall–Kier alpha value is -1.00. The third kappa shape index (κ3) is 4.94. The van der Waals surface area contributed by atoms with Crippen LogP contribution in [0, 0.1) is 10.8 Å². The molecule has 0 aromatic carbocycles. The van der Waals surface area contributed by atoms with E-state index >= 15 is 0 Å². The summed E-state index contributed by atoms with van der Waals surface area (Å²) >= 11 is 0. The maximum absolute atomic E-state index is 6.02. The zero-order valence-electron chi connectivity index (χ0n) is 19.4.